The van der Waals surface area contributed by atoms with Crippen LogP contribution in [0.4, 0.5) is 0 Å². The van der Waals surface area contributed by atoms with Gasteiger partial charge in [0.15, 0.2) is 18.7 Å². The van der Waals surface area contributed by atoms with Crippen LogP contribution in [-0.2, 0) is 44.2 Å². The van der Waals surface area contributed by atoms with Crippen LogP contribution in [0.1, 0.15) is 47.1 Å². The molecule has 0 aliphatic carbocycles. The van der Waals surface area contributed by atoms with Gasteiger partial charge in [0.25, 0.3) is 8.32 Å². The van der Waals surface area contributed by atoms with Crippen molar-refractivity contribution in [3.8, 4) is 0 Å². The Morgan fingerprint density at radius 3 is 1.77 bits per heavy atom. The summed E-state index contributed by atoms with van der Waals surface area (Å²) in [6, 6.07) is 44.8. The van der Waals surface area contributed by atoms with Crippen LogP contribution < -0.4 is 10.4 Å². The standard InChI is InChI=1S/C49H51N3O11Si/c1-49(2,3)64(35-25-15-7-16-26-35,36-27-17-8-18-28-36)58-31-37-40(53)42(61-45(54)33-21-11-5-12-22-33)39(51-52-50)47(59-37)63-41-38-30-57-48(60-38)44(62-46(55)34-23-13-6-14-24-34)43(41)56-29-32-19-9-4-10-20-32/h4-28,37-44,47-48,53H,29-31H2,1-3H3/t37-,38+,39-,40-,41-,42-,43+,44-,47-,48+/m1/s1. The van der Waals surface area contributed by atoms with Crippen LogP contribution >= 0.6 is 0 Å². The molecule has 0 unspecified atom stereocenters. The summed E-state index contributed by atoms with van der Waals surface area (Å²) in [5.74, 6) is -1.40. The van der Waals surface area contributed by atoms with E-state index >= 15 is 0 Å². The third-order valence-electron chi connectivity index (χ3n) is 11.8. The Hall–Kier alpha value is -5.71. The van der Waals surface area contributed by atoms with Gasteiger partial charge in [-0.3, -0.25) is 0 Å². The Morgan fingerprint density at radius 2 is 1.23 bits per heavy atom. The molecule has 3 aliphatic rings. The van der Waals surface area contributed by atoms with Crippen molar-refractivity contribution in [3.63, 3.8) is 0 Å². The smallest absolute Gasteiger partial charge is 0.338 e. The van der Waals surface area contributed by atoms with Gasteiger partial charge < -0.3 is 42.7 Å². The highest BCUT2D eigenvalue weighted by Gasteiger charge is 2.58. The lowest BCUT2D eigenvalue weighted by Crippen LogP contribution is -2.68. The SMILES string of the molecule is CC(C)(C)[Si](OC[C@H]1O[C@H](O[C@H]2[C@H](OCc3ccccc3)[C@@H](OC(=O)c3ccccc3)[C@H]3OC[C@@H]2O3)[C@H](N=[N+]=[N-])[C@@H](OC(=O)c2ccccc2)[C@@H]1O)(c1ccccc1)c1ccccc1. The monoisotopic (exact) mass is 885 g/mol. The number of azide groups is 1. The minimum absolute atomic E-state index is 0.0360. The van der Waals surface area contributed by atoms with Crippen LogP contribution in [0.25, 0.3) is 10.4 Å². The minimum Gasteiger partial charge on any atom is -0.455 e. The van der Waals surface area contributed by atoms with Gasteiger partial charge in [-0.15, -0.1) is 0 Å². The van der Waals surface area contributed by atoms with Crippen molar-refractivity contribution >= 4 is 30.6 Å². The Morgan fingerprint density at radius 1 is 0.719 bits per heavy atom. The summed E-state index contributed by atoms with van der Waals surface area (Å²) in [5.41, 5.74) is 11.4. The van der Waals surface area contributed by atoms with Crippen molar-refractivity contribution in [2.45, 2.75) is 93.8 Å². The van der Waals surface area contributed by atoms with E-state index in [1.54, 1.807) is 60.7 Å². The first-order chi connectivity index (χ1) is 31.1. The summed E-state index contributed by atoms with van der Waals surface area (Å²) >= 11 is 0. The third kappa shape index (κ3) is 9.54. The number of esters is 2. The summed E-state index contributed by atoms with van der Waals surface area (Å²) in [6.45, 7) is 6.33. The van der Waals surface area contributed by atoms with Crippen LogP contribution in [-0.4, -0.2) is 99.9 Å². The molecule has 3 fully saturated rings. The van der Waals surface area contributed by atoms with Gasteiger partial charge in [-0.1, -0.05) is 153 Å². The lowest BCUT2D eigenvalue weighted by molar-refractivity contribution is -0.318. The number of hydrogen-bond donors (Lipinski definition) is 1. The molecule has 332 valence electrons. The molecule has 0 aromatic heterocycles. The highest BCUT2D eigenvalue weighted by molar-refractivity contribution is 6.99. The lowest BCUT2D eigenvalue weighted by Gasteiger charge is -2.48. The zero-order chi connectivity index (χ0) is 44.7. The van der Waals surface area contributed by atoms with Crippen molar-refractivity contribution in [3.05, 3.63) is 179 Å². The maximum Gasteiger partial charge on any atom is 0.338 e. The fourth-order valence-electron chi connectivity index (χ4n) is 8.71. The first kappa shape index (κ1) is 44.9. The first-order valence-corrected chi connectivity index (χ1v) is 23.2. The van der Waals surface area contributed by atoms with Crippen LogP contribution in [0.3, 0.4) is 0 Å². The maximum absolute atomic E-state index is 13.8. The molecular formula is C49H51N3O11Si. The summed E-state index contributed by atoms with van der Waals surface area (Å²) < 4.78 is 51.9. The fourth-order valence-corrected chi connectivity index (χ4v) is 13.3. The molecule has 2 bridgehead atoms. The maximum atomic E-state index is 13.8. The molecule has 64 heavy (non-hydrogen) atoms. The highest BCUT2D eigenvalue weighted by atomic mass is 28.4. The molecule has 10 atom stereocenters. The van der Waals surface area contributed by atoms with Crippen LogP contribution in [0.5, 0.6) is 0 Å². The van der Waals surface area contributed by atoms with Gasteiger partial charge in [0.05, 0.1) is 30.9 Å². The van der Waals surface area contributed by atoms with E-state index in [1.807, 2.05) is 91.0 Å². The number of carbonyl (C=O) groups is 2. The van der Waals surface area contributed by atoms with E-state index in [0.29, 0.717) is 5.56 Å². The van der Waals surface area contributed by atoms with Crippen LogP contribution in [0, 0.1) is 0 Å². The Balaban J connectivity index is 1.16. The second kappa shape index (κ2) is 20.0. The lowest BCUT2D eigenvalue weighted by atomic mass is 9.96. The zero-order valence-electron chi connectivity index (χ0n) is 35.7. The van der Waals surface area contributed by atoms with Crippen molar-refractivity contribution in [1.82, 2.24) is 0 Å². The van der Waals surface area contributed by atoms with Gasteiger partial charge in [0.1, 0.15) is 42.7 Å². The molecular weight excluding hydrogens is 835 g/mol. The molecule has 0 spiro atoms. The van der Waals surface area contributed by atoms with Crippen molar-refractivity contribution in [2.24, 2.45) is 5.11 Å². The highest BCUT2D eigenvalue weighted by Crippen LogP contribution is 2.40. The quantitative estimate of drug-likeness (QED) is 0.0399. The number of ether oxygens (including phenoxy) is 7. The number of carbonyl (C=O) groups excluding carboxylic acids is 2. The van der Waals surface area contributed by atoms with Crippen LogP contribution in [0.15, 0.2) is 157 Å². The number of rotatable bonds is 15. The third-order valence-corrected chi connectivity index (χ3v) is 16.8. The molecule has 14 nitrogen and oxygen atoms in total. The molecule has 3 aliphatic heterocycles. The Bertz CT molecular complexity index is 2320. The van der Waals surface area contributed by atoms with E-state index in [9.17, 15) is 20.2 Å². The minimum atomic E-state index is -3.21. The zero-order valence-corrected chi connectivity index (χ0v) is 36.7. The molecule has 5 aromatic carbocycles. The molecule has 3 heterocycles. The summed E-state index contributed by atoms with van der Waals surface area (Å²) in [7, 11) is -3.21. The van der Waals surface area contributed by atoms with Crippen molar-refractivity contribution in [1.29, 1.82) is 0 Å². The van der Waals surface area contributed by atoms with Gasteiger partial charge >= 0.3 is 11.9 Å². The van der Waals surface area contributed by atoms with Gasteiger partial charge in [-0.05, 0) is 50.8 Å². The van der Waals surface area contributed by atoms with E-state index < -0.39 is 86.6 Å². The predicted molar refractivity (Wildman–Crippen MR) is 237 cm³/mol. The number of benzene rings is 5. The van der Waals surface area contributed by atoms with Gasteiger partial charge in [-0.2, -0.15) is 0 Å². The Kier molecular flexibility index (Phi) is 14.0. The number of nitrogens with zero attached hydrogens (tertiary/aromatic N) is 3. The Labute approximate surface area is 372 Å². The second-order valence-corrected chi connectivity index (χ2v) is 21.2. The number of aliphatic hydroxyl groups is 1. The topological polar surface area (TPSA) is 177 Å². The average molecular weight is 886 g/mol. The molecule has 5 aromatic rings. The van der Waals surface area contributed by atoms with Crippen LogP contribution in [0.2, 0.25) is 5.04 Å². The van der Waals surface area contributed by atoms with E-state index in [0.717, 1.165) is 15.9 Å². The molecule has 3 saturated heterocycles. The number of hydrogen-bond acceptors (Lipinski definition) is 12. The molecule has 1 N–H and O–H groups in total. The summed E-state index contributed by atoms with van der Waals surface area (Å²) in [5, 5.41) is 17.9. The van der Waals surface area contributed by atoms with Crippen molar-refractivity contribution in [2.75, 3.05) is 13.2 Å². The molecule has 0 amide bonds. The largest absolute Gasteiger partial charge is 0.455 e. The molecule has 0 radical (unpaired) electrons. The summed E-state index contributed by atoms with van der Waals surface area (Å²) in [6.07, 6.45) is -10.7. The molecule has 15 heteroatoms. The number of fused-ring (bicyclic) bond motifs is 2. The number of aliphatic hydroxyl groups excluding tert-OH is 1. The van der Waals surface area contributed by atoms with Gasteiger partial charge in [0, 0.05) is 4.91 Å². The predicted octanol–water partition coefficient (Wildman–Crippen LogP) is 6.50. The summed E-state index contributed by atoms with van der Waals surface area (Å²) in [4.78, 5) is 30.5. The molecule has 0 saturated carbocycles. The van der Waals surface area contributed by atoms with E-state index in [-0.39, 0.29) is 25.4 Å². The van der Waals surface area contributed by atoms with Crippen molar-refractivity contribution < 1.29 is 52.3 Å². The van der Waals surface area contributed by atoms with Gasteiger partial charge in [0.2, 0.25) is 0 Å². The average Bonchev–Trinajstić information content (AvgIpc) is 3.77. The van der Waals surface area contributed by atoms with Gasteiger partial charge in [-0.25, -0.2) is 9.59 Å². The second-order valence-electron chi connectivity index (χ2n) is 16.9. The van der Waals surface area contributed by atoms with E-state index in [2.05, 4.69) is 30.8 Å². The normalized spacial score (nSPS) is 26.6. The fraction of sp³-hybridized carbons (Fsp3) is 0.347. The van der Waals surface area contributed by atoms with E-state index in [4.69, 9.17) is 37.6 Å². The molecule has 8 rings (SSSR count). The first-order valence-electron chi connectivity index (χ1n) is 21.3. The van der Waals surface area contributed by atoms with E-state index in [1.165, 1.54) is 0 Å².